The minimum absolute atomic E-state index is 0.0734. The van der Waals surface area contributed by atoms with Gasteiger partial charge in [-0.05, 0) is 52.3 Å². The molecule has 1 aromatic heterocycles. The van der Waals surface area contributed by atoms with Gasteiger partial charge in [-0.15, -0.1) is 11.3 Å². The number of nitrogens with two attached hydrogens (primary N) is 1. The normalized spacial score (nSPS) is 18.2. The molecule has 4 rings (SSSR count). The van der Waals surface area contributed by atoms with Crippen molar-refractivity contribution in [3.8, 4) is 17.0 Å². The predicted molar refractivity (Wildman–Crippen MR) is 152 cm³/mol. The summed E-state index contributed by atoms with van der Waals surface area (Å²) in [6.07, 6.45) is 4.00. The smallest absolute Gasteiger partial charge is 0.186 e. The molecule has 2 aliphatic heterocycles. The summed E-state index contributed by atoms with van der Waals surface area (Å²) in [7, 11) is 0. The van der Waals surface area contributed by atoms with Crippen molar-refractivity contribution >= 4 is 35.4 Å². The molecule has 37 heavy (non-hydrogen) atoms. The first-order chi connectivity index (χ1) is 17.5. The number of aliphatic imine (C=N–C) groups is 3. The van der Waals surface area contributed by atoms with Crippen LogP contribution in [0.2, 0.25) is 0 Å². The van der Waals surface area contributed by atoms with E-state index in [2.05, 4.69) is 14.9 Å². The van der Waals surface area contributed by atoms with Crippen LogP contribution in [0.5, 0.6) is 5.75 Å². The van der Waals surface area contributed by atoms with Crippen molar-refractivity contribution in [3.63, 3.8) is 0 Å². The molecule has 3 heterocycles. The number of benzene rings is 1. The second-order valence-electron chi connectivity index (χ2n) is 10.6. The van der Waals surface area contributed by atoms with Crippen LogP contribution in [0.1, 0.15) is 56.0 Å². The van der Waals surface area contributed by atoms with Crippen molar-refractivity contribution in [1.29, 1.82) is 5.41 Å². The lowest BCUT2D eigenvalue weighted by atomic mass is 9.97. The largest absolute Gasteiger partial charge is 0.492 e. The summed E-state index contributed by atoms with van der Waals surface area (Å²) in [5.41, 5.74) is 7.93. The first kappa shape index (κ1) is 27.1. The van der Waals surface area contributed by atoms with Crippen LogP contribution in [0.15, 0.2) is 33.2 Å². The molecule has 2 aliphatic rings. The lowest BCUT2D eigenvalue weighted by Crippen LogP contribution is -2.54. The van der Waals surface area contributed by atoms with Gasteiger partial charge in [-0.3, -0.25) is 14.9 Å². The Morgan fingerprint density at radius 2 is 2.14 bits per heavy atom. The van der Waals surface area contributed by atoms with Gasteiger partial charge in [-0.1, -0.05) is 6.07 Å². The van der Waals surface area contributed by atoms with E-state index in [1.54, 1.807) is 18.3 Å². The highest BCUT2D eigenvalue weighted by molar-refractivity contribution is 7.14. The number of rotatable bonds is 8. The van der Waals surface area contributed by atoms with Crippen molar-refractivity contribution < 1.29 is 9.84 Å². The van der Waals surface area contributed by atoms with Gasteiger partial charge < -0.3 is 21.0 Å². The summed E-state index contributed by atoms with van der Waals surface area (Å²) >= 11 is 1.58. The van der Waals surface area contributed by atoms with Crippen LogP contribution in [-0.4, -0.2) is 83.0 Å². The molecule has 1 fully saturated rings. The number of amidine groups is 2. The maximum absolute atomic E-state index is 9.98. The molecule has 0 radical (unpaired) electrons. The number of aliphatic hydroxyl groups is 1. The Labute approximate surface area is 222 Å². The van der Waals surface area contributed by atoms with Gasteiger partial charge in [0.05, 0.1) is 35.7 Å². The van der Waals surface area contributed by atoms with Crippen molar-refractivity contribution in [2.75, 3.05) is 26.2 Å². The van der Waals surface area contributed by atoms with Crippen LogP contribution in [0.25, 0.3) is 11.3 Å². The first-order valence-electron chi connectivity index (χ1n) is 12.7. The Hall–Kier alpha value is -2.95. The van der Waals surface area contributed by atoms with Gasteiger partial charge in [0.2, 0.25) is 0 Å². The fourth-order valence-electron chi connectivity index (χ4n) is 4.44. The van der Waals surface area contributed by atoms with E-state index < -0.39 is 5.60 Å². The third-order valence-electron chi connectivity index (χ3n) is 5.97. The second kappa shape index (κ2) is 11.2. The number of likely N-dealkylation sites (tertiary alicyclic amines) is 1. The van der Waals surface area contributed by atoms with Gasteiger partial charge in [0.1, 0.15) is 5.75 Å². The Bertz CT molecular complexity index is 1220. The first-order valence-corrected chi connectivity index (χ1v) is 13.5. The Balaban J connectivity index is 1.55. The summed E-state index contributed by atoms with van der Waals surface area (Å²) in [6.45, 7) is 12.2. The molecule has 0 amide bonds. The van der Waals surface area contributed by atoms with Crippen LogP contribution in [0.4, 0.5) is 0 Å². The van der Waals surface area contributed by atoms with Crippen molar-refractivity contribution in [1.82, 2.24) is 9.88 Å². The van der Waals surface area contributed by atoms with Gasteiger partial charge in [-0.2, -0.15) is 0 Å². The van der Waals surface area contributed by atoms with E-state index in [9.17, 15) is 5.11 Å². The van der Waals surface area contributed by atoms with Gasteiger partial charge in [0.15, 0.2) is 10.8 Å². The van der Waals surface area contributed by atoms with E-state index >= 15 is 0 Å². The monoisotopic (exact) mass is 523 g/mol. The lowest BCUT2D eigenvalue weighted by Gasteiger charge is -2.40. The number of nitrogens with zero attached hydrogens (tertiary/aromatic N) is 5. The van der Waals surface area contributed by atoms with Gasteiger partial charge in [0.25, 0.3) is 0 Å². The summed E-state index contributed by atoms with van der Waals surface area (Å²) in [4.78, 5) is 22.0. The second-order valence-corrected chi connectivity index (χ2v) is 11.7. The summed E-state index contributed by atoms with van der Waals surface area (Å²) in [6, 6.07) is 6.31. The number of thiazole rings is 1. The van der Waals surface area contributed by atoms with E-state index in [1.807, 2.05) is 52.1 Å². The highest BCUT2D eigenvalue weighted by atomic mass is 32.1. The number of aromatic nitrogens is 1. The predicted octanol–water partition coefficient (Wildman–Crippen LogP) is 3.54. The highest BCUT2D eigenvalue weighted by Crippen LogP contribution is 2.39. The lowest BCUT2D eigenvalue weighted by molar-refractivity contribution is 0.00902. The van der Waals surface area contributed by atoms with E-state index in [-0.39, 0.29) is 18.0 Å². The molecule has 1 aromatic carbocycles. The molecule has 0 spiro atoms. The third-order valence-corrected chi connectivity index (χ3v) is 7.08. The average Bonchev–Trinajstić information content (AvgIpc) is 3.12. The summed E-state index contributed by atoms with van der Waals surface area (Å²) in [5.74, 6) is 1.53. The van der Waals surface area contributed by atoms with Gasteiger partial charge in [0, 0.05) is 55.0 Å². The quantitative estimate of drug-likeness (QED) is 0.360. The zero-order chi connectivity index (χ0) is 26.7. The fraction of sp³-hybridized carbons (Fsp3) is 0.519. The van der Waals surface area contributed by atoms with Crippen molar-refractivity contribution in [2.45, 2.75) is 64.6 Å². The van der Waals surface area contributed by atoms with Crippen LogP contribution in [-0.2, 0) is 6.42 Å². The van der Waals surface area contributed by atoms with E-state index in [1.165, 1.54) is 6.21 Å². The molecular weight excluding hydrogens is 486 g/mol. The molecule has 0 aliphatic carbocycles. The van der Waals surface area contributed by atoms with E-state index in [0.29, 0.717) is 24.8 Å². The zero-order valence-corrected chi connectivity index (χ0v) is 23.0. The average molecular weight is 524 g/mol. The SMILES string of the molecule is CC(N)=NC(=NC(C)C)c1nc2c(s1)CCOc1cc(C(C=N)C=NC3CN(CC(C)(C)O)C3)ccc1-2. The number of ether oxygens (including phenoxy) is 1. The number of hydrogen-bond donors (Lipinski definition) is 3. The molecule has 1 atom stereocenters. The molecule has 9 nitrogen and oxygen atoms in total. The molecule has 2 aromatic rings. The maximum Gasteiger partial charge on any atom is 0.186 e. The molecule has 4 N–H and O–H groups in total. The topological polar surface area (TPSA) is 133 Å². The Morgan fingerprint density at radius 1 is 1.38 bits per heavy atom. The number of hydrogen-bond acceptors (Lipinski definition) is 8. The summed E-state index contributed by atoms with van der Waals surface area (Å²) < 4.78 is 6.11. The molecule has 0 saturated carbocycles. The molecule has 10 heteroatoms. The highest BCUT2D eigenvalue weighted by Gasteiger charge is 2.30. The Kier molecular flexibility index (Phi) is 8.20. The molecule has 1 saturated heterocycles. The number of β-amino-alcohol motifs (C(OH)–C–C–N with tert-alkyl or cyclic N) is 1. The molecule has 1 unspecified atom stereocenters. The van der Waals surface area contributed by atoms with E-state index in [4.69, 9.17) is 25.9 Å². The van der Waals surface area contributed by atoms with Crippen LogP contribution in [0.3, 0.4) is 0 Å². The summed E-state index contributed by atoms with van der Waals surface area (Å²) in [5, 5.41) is 18.7. The fourth-order valence-corrected chi connectivity index (χ4v) is 5.44. The minimum atomic E-state index is -0.703. The number of fused-ring (bicyclic) bond motifs is 3. The molecular formula is C27H37N7O2S. The van der Waals surface area contributed by atoms with Gasteiger partial charge in [-0.25, -0.2) is 9.98 Å². The van der Waals surface area contributed by atoms with Crippen LogP contribution >= 0.6 is 11.3 Å². The Morgan fingerprint density at radius 3 is 2.78 bits per heavy atom. The zero-order valence-electron chi connectivity index (χ0n) is 22.2. The van der Waals surface area contributed by atoms with Crippen molar-refractivity contribution in [3.05, 3.63) is 33.6 Å². The maximum atomic E-state index is 9.98. The van der Waals surface area contributed by atoms with Crippen LogP contribution < -0.4 is 10.5 Å². The van der Waals surface area contributed by atoms with Crippen molar-refractivity contribution in [2.24, 2.45) is 20.7 Å². The molecule has 198 valence electrons. The minimum Gasteiger partial charge on any atom is -0.492 e. The number of nitrogens with one attached hydrogen (secondary N) is 1. The molecule has 0 bridgehead atoms. The van der Waals surface area contributed by atoms with Crippen LogP contribution in [0, 0.1) is 5.41 Å². The standard InChI is InChI=1S/C27H37N7O2S/c1-16(2)31-25(32-17(3)29)26-33-24-21-7-6-18(10-22(21)36-9-8-23(24)37-26)19(11-28)12-30-20-13-34(14-20)15-27(4,5)35/h6-7,10-12,16,19-20,28,35H,8-9,13-15H2,1-5H3,(H2,29,31,32). The van der Waals surface area contributed by atoms with Gasteiger partial charge >= 0.3 is 0 Å². The van der Waals surface area contributed by atoms with E-state index in [0.717, 1.165) is 52.0 Å². The third kappa shape index (κ3) is 6.88.